The maximum atomic E-state index is 12.0. The molecule has 0 amide bonds. The monoisotopic (exact) mass is 365 g/mol. The Hall–Kier alpha value is -1.41. The van der Waals surface area contributed by atoms with Crippen LogP contribution in [-0.4, -0.2) is 68.2 Å². The molecule has 0 saturated carbocycles. The number of nitrogens with zero attached hydrogens (tertiary/aromatic N) is 4. The summed E-state index contributed by atoms with van der Waals surface area (Å²) in [5.41, 5.74) is 0. The lowest BCUT2D eigenvalue weighted by Crippen LogP contribution is -2.57. The first-order valence-corrected chi connectivity index (χ1v) is 11.2. The summed E-state index contributed by atoms with van der Waals surface area (Å²) in [6, 6.07) is 1.90. The molecular formula is C17H27N5O2S. The molecule has 4 heterocycles. The molecular weight excluding hydrogens is 338 g/mol. The van der Waals surface area contributed by atoms with Crippen LogP contribution in [0.1, 0.15) is 26.2 Å². The minimum absolute atomic E-state index is 0.0115. The Morgan fingerprint density at radius 2 is 2.04 bits per heavy atom. The zero-order valence-electron chi connectivity index (χ0n) is 14.8. The first kappa shape index (κ1) is 17.0. The maximum Gasteiger partial charge on any atom is 0.227 e. The fraction of sp³-hybridized carbons (Fsp3) is 0.765. The average Bonchev–Trinajstić information content (AvgIpc) is 2.95. The fourth-order valence-corrected chi connectivity index (χ4v) is 6.30. The molecule has 7 nitrogen and oxygen atoms in total. The van der Waals surface area contributed by atoms with Crippen molar-refractivity contribution in [2.45, 2.75) is 38.3 Å². The van der Waals surface area contributed by atoms with Gasteiger partial charge in [-0.15, -0.1) is 0 Å². The van der Waals surface area contributed by atoms with Crippen molar-refractivity contribution in [2.24, 2.45) is 5.92 Å². The van der Waals surface area contributed by atoms with Gasteiger partial charge in [0.15, 0.2) is 9.84 Å². The largest absolute Gasteiger partial charge is 0.350 e. The fourth-order valence-electron chi connectivity index (χ4n) is 4.34. The summed E-state index contributed by atoms with van der Waals surface area (Å²) in [6.07, 6.45) is 5.44. The molecule has 3 fully saturated rings. The number of piperazine rings is 1. The quantitative estimate of drug-likeness (QED) is 0.844. The molecule has 3 aliphatic rings. The van der Waals surface area contributed by atoms with Crippen molar-refractivity contribution < 1.29 is 8.42 Å². The Balaban J connectivity index is 1.53. The van der Waals surface area contributed by atoms with E-state index < -0.39 is 9.84 Å². The summed E-state index contributed by atoms with van der Waals surface area (Å²) < 4.78 is 24.1. The van der Waals surface area contributed by atoms with Gasteiger partial charge in [-0.05, 0) is 24.8 Å². The topological polar surface area (TPSA) is 78.4 Å². The maximum absolute atomic E-state index is 12.0. The van der Waals surface area contributed by atoms with Crippen molar-refractivity contribution in [3.63, 3.8) is 0 Å². The molecule has 8 heteroatoms. The van der Waals surface area contributed by atoms with E-state index in [1.807, 2.05) is 12.3 Å². The highest BCUT2D eigenvalue weighted by Gasteiger charge is 2.43. The second kappa shape index (κ2) is 6.72. The van der Waals surface area contributed by atoms with Crippen LogP contribution in [0.4, 0.5) is 11.8 Å². The van der Waals surface area contributed by atoms with Crippen molar-refractivity contribution in [3.8, 4) is 0 Å². The lowest BCUT2D eigenvalue weighted by atomic mass is 9.95. The third-order valence-electron chi connectivity index (χ3n) is 5.88. The van der Waals surface area contributed by atoms with Gasteiger partial charge in [-0.1, -0.05) is 13.3 Å². The number of aromatic nitrogens is 2. The van der Waals surface area contributed by atoms with Crippen LogP contribution in [0, 0.1) is 5.92 Å². The highest BCUT2D eigenvalue weighted by atomic mass is 32.2. The third kappa shape index (κ3) is 3.46. The van der Waals surface area contributed by atoms with Crippen molar-refractivity contribution >= 4 is 21.6 Å². The van der Waals surface area contributed by atoms with Crippen LogP contribution in [0.3, 0.4) is 0 Å². The molecule has 0 radical (unpaired) electrons. The molecule has 3 aliphatic heterocycles. The molecule has 3 saturated heterocycles. The van der Waals surface area contributed by atoms with Crippen molar-refractivity contribution in [1.29, 1.82) is 0 Å². The molecule has 0 aliphatic carbocycles. The Morgan fingerprint density at radius 3 is 2.80 bits per heavy atom. The highest BCUT2D eigenvalue weighted by Crippen LogP contribution is 2.28. The molecule has 0 spiro atoms. The number of piperidine rings is 1. The zero-order chi connectivity index (χ0) is 17.4. The van der Waals surface area contributed by atoms with E-state index in [1.54, 1.807) is 0 Å². The summed E-state index contributed by atoms with van der Waals surface area (Å²) in [5, 5.41) is 3.35. The minimum atomic E-state index is -2.97. The van der Waals surface area contributed by atoms with Crippen molar-refractivity contribution in [2.75, 3.05) is 47.5 Å². The SMILES string of the molecule is CCC1CCN(c2nccc(N3CCN[C@H]4CS(=O)(=O)C[C@H]43)n2)CC1. The van der Waals surface area contributed by atoms with E-state index in [0.29, 0.717) is 0 Å². The first-order valence-electron chi connectivity index (χ1n) is 9.34. The van der Waals surface area contributed by atoms with Crippen molar-refractivity contribution in [3.05, 3.63) is 12.3 Å². The Bertz CT molecular complexity index is 718. The van der Waals surface area contributed by atoms with Gasteiger partial charge in [0.2, 0.25) is 5.95 Å². The zero-order valence-corrected chi connectivity index (χ0v) is 15.6. The van der Waals surface area contributed by atoms with Crippen molar-refractivity contribution in [1.82, 2.24) is 15.3 Å². The molecule has 1 N–H and O–H groups in total. The molecule has 0 unspecified atom stereocenters. The van der Waals surface area contributed by atoms with E-state index in [-0.39, 0.29) is 23.6 Å². The molecule has 0 bridgehead atoms. The van der Waals surface area contributed by atoms with Gasteiger partial charge in [0.25, 0.3) is 0 Å². The van der Waals surface area contributed by atoms with Gasteiger partial charge < -0.3 is 15.1 Å². The van der Waals surface area contributed by atoms with E-state index in [0.717, 1.165) is 43.9 Å². The Morgan fingerprint density at radius 1 is 1.24 bits per heavy atom. The third-order valence-corrected chi connectivity index (χ3v) is 7.60. The van der Waals surface area contributed by atoms with E-state index in [9.17, 15) is 8.42 Å². The molecule has 2 atom stereocenters. The molecule has 25 heavy (non-hydrogen) atoms. The van der Waals surface area contributed by atoms with Crippen LogP contribution in [0.2, 0.25) is 0 Å². The lowest BCUT2D eigenvalue weighted by Gasteiger charge is -2.38. The standard InChI is InChI=1S/C17H27N5O2S/c1-2-13-4-8-21(9-5-13)17-19-6-3-16(20-17)22-10-7-18-14-11-25(23,24)12-15(14)22/h3,6,13-15,18H,2,4-5,7-12H2,1H3/t14-,15+/m0/s1. The van der Waals surface area contributed by atoms with Gasteiger partial charge in [-0.2, -0.15) is 4.98 Å². The van der Waals surface area contributed by atoms with Gasteiger partial charge in [0.05, 0.1) is 17.5 Å². The van der Waals surface area contributed by atoms with Gasteiger partial charge >= 0.3 is 0 Å². The second-order valence-corrected chi connectivity index (χ2v) is 9.61. The summed E-state index contributed by atoms with van der Waals surface area (Å²) >= 11 is 0. The summed E-state index contributed by atoms with van der Waals surface area (Å²) in [6.45, 7) is 5.84. The van der Waals surface area contributed by atoms with Gasteiger partial charge in [-0.25, -0.2) is 13.4 Å². The van der Waals surface area contributed by atoms with E-state index in [1.165, 1.54) is 19.3 Å². The summed E-state index contributed by atoms with van der Waals surface area (Å²) in [4.78, 5) is 13.7. The molecule has 138 valence electrons. The van der Waals surface area contributed by atoms with E-state index >= 15 is 0 Å². The smallest absolute Gasteiger partial charge is 0.227 e. The highest BCUT2D eigenvalue weighted by molar-refractivity contribution is 7.91. The van der Waals surface area contributed by atoms with Crippen LogP contribution in [0.25, 0.3) is 0 Å². The van der Waals surface area contributed by atoms with Gasteiger partial charge in [-0.3, -0.25) is 0 Å². The summed E-state index contributed by atoms with van der Waals surface area (Å²) in [5.74, 6) is 2.90. The van der Waals surface area contributed by atoms with Crippen LogP contribution >= 0.6 is 0 Å². The normalized spacial score (nSPS) is 29.6. The number of rotatable bonds is 3. The van der Waals surface area contributed by atoms with Crippen LogP contribution in [-0.2, 0) is 9.84 Å². The number of sulfone groups is 1. The molecule has 0 aromatic carbocycles. The predicted octanol–water partition coefficient (Wildman–Crippen LogP) is 0.678. The predicted molar refractivity (Wildman–Crippen MR) is 98.8 cm³/mol. The average molecular weight is 366 g/mol. The first-order chi connectivity index (χ1) is 12.1. The molecule has 4 rings (SSSR count). The number of hydrogen-bond donors (Lipinski definition) is 1. The Kier molecular flexibility index (Phi) is 4.58. The van der Waals surface area contributed by atoms with E-state index in [2.05, 4.69) is 27.0 Å². The van der Waals surface area contributed by atoms with Crippen LogP contribution < -0.4 is 15.1 Å². The number of hydrogen-bond acceptors (Lipinski definition) is 7. The Labute approximate surface area is 149 Å². The summed E-state index contributed by atoms with van der Waals surface area (Å²) in [7, 11) is -2.97. The van der Waals surface area contributed by atoms with Crippen LogP contribution in [0.15, 0.2) is 12.3 Å². The number of fused-ring (bicyclic) bond motifs is 1. The molecule has 1 aromatic heterocycles. The van der Waals surface area contributed by atoms with Gasteiger partial charge in [0.1, 0.15) is 5.82 Å². The molecule has 1 aromatic rings. The number of anilines is 2. The van der Waals surface area contributed by atoms with E-state index in [4.69, 9.17) is 4.98 Å². The second-order valence-electron chi connectivity index (χ2n) is 7.45. The van der Waals surface area contributed by atoms with Gasteiger partial charge in [0, 0.05) is 38.4 Å². The number of nitrogens with one attached hydrogen (secondary N) is 1. The minimum Gasteiger partial charge on any atom is -0.350 e. The van der Waals surface area contributed by atoms with Crippen LogP contribution in [0.5, 0.6) is 0 Å². The lowest BCUT2D eigenvalue weighted by molar-refractivity contribution is 0.391.